The Balaban J connectivity index is 2.09. The van der Waals surface area contributed by atoms with Crippen LogP contribution in [0.5, 0.6) is 0 Å². The number of nitrogens with one attached hydrogen (secondary N) is 2. The first-order valence-corrected chi connectivity index (χ1v) is 10.8. The minimum atomic E-state index is -1.12. The number of aliphatic carboxylic acids is 1. The Morgan fingerprint density at radius 3 is 1.84 bits per heavy atom. The Hall–Kier alpha value is -3.23. The highest BCUT2D eigenvalue weighted by Gasteiger charge is 2.28. The van der Waals surface area contributed by atoms with Gasteiger partial charge in [-0.1, -0.05) is 60.7 Å². The van der Waals surface area contributed by atoms with Crippen LogP contribution >= 0.6 is 0 Å². The molecule has 2 aromatic carbocycles. The van der Waals surface area contributed by atoms with Crippen LogP contribution in [-0.4, -0.2) is 47.6 Å². The second kappa shape index (κ2) is 13.2. The summed E-state index contributed by atoms with van der Waals surface area (Å²) in [5.41, 5.74) is 13.3. The number of carbonyl (C=O) groups is 3. The average molecular weight is 441 g/mol. The second-order valence-electron chi connectivity index (χ2n) is 7.73. The Kier molecular flexibility index (Phi) is 10.4. The van der Waals surface area contributed by atoms with Gasteiger partial charge in [-0.25, -0.2) is 4.79 Å². The molecule has 2 rings (SSSR count). The van der Waals surface area contributed by atoms with E-state index in [1.165, 1.54) is 0 Å². The van der Waals surface area contributed by atoms with E-state index in [9.17, 15) is 19.5 Å². The number of hydrogen-bond donors (Lipinski definition) is 5. The molecule has 0 aliphatic heterocycles. The van der Waals surface area contributed by atoms with Crippen molar-refractivity contribution < 1.29 is 19.5 Å². The standard InChI is InChI=1S/C24H32N4O4/c25-14-8-7-13-20(24(31)32)27-23(30)21(16-18-11-5-2-6-12-18)28-22(29)19(26)15-17-9-3-1-4-10-17/h1-6,9-12,19-21H,7-8,13-16,25-26H2,(H,27,30)(H,28,29)(H,31,32)/t19?,20-,21?/m1/s1. The molecular weight excluding hydrogens is 408 g/mol. The van der Waals surface area contributed by atoms with E-state index in [-0.39, 0.29) is 12.8 Å². The van der Waals surface area contributed by atoms with Crippen molar-refractivity contribution in [2.75, 3.05) is 6.54 Å². The van der Waals surface area contributed by atoms with Crippen LogP contribution in [0.3, 0.4) is 0 Å². The van der Waals surface area contributed by atoms with Crippen LogP contribution < -0.4 is 22.1 Å². The zero-order chi connectivity index (χ0) is 23.3. The first-order valence-electron chi connectivity index (χ1n) is 10.8. The maximum atomic E-state index is 13.0. The number of carboxylic acid groups (broad SMARTS) is 1. The van der Waals surface area contributed by atoms with Crippen LogP contribution in [0.2, 0.25) is 0 Å². The number of unbranched alkanes of at least 4 members (excludes halogenated alkanes) is 1. The number of hydrogen-bond acceptors (Lipinski definition) is 5. The third-order valence-corrected chi connectivity index (χ3v) is 5.11. The summed E-state index contributed by atoms with van der Waals surface area (Å²) in [5.74, 6) is -2.16. The highest BCUT2D eigenvalue weighted by atomic mass is 16.4. The smallest absolute Gasteiger partial charge is 0.326 e. The van der Waals surface area contributed by atoms with E-state index in [0.717, 1.165) is 11.1 Å². The van der Waals surface area contributed by atoms with Crippen LogP contribution in [0.4, 0.5) is 0 Å². The quantitative estimate of drug-likeness (QED) is 0.293. The zero-order valence-corrected chi connectivity index (χ0v) is 18.1. The van der Waals surface area contributed by atoms with Crippen LogP contribution in [0.25, 0.3) is 0 Å². The number of amides is 2. The lowest BCUT2D eigenvalue weighted by Crippen LogP contribution is -2.55. The van der Waals surface area contributed by atoms with Gasteiger partial charge in [0.1, 0.15) is 12.1 Å². The van der Waals surface area contributed by atoms with E-state index in [0.29, 0.717) is 25.8 Å². The van der Waals surface area contributed by atoms with E-state index in [1.807, 2.05) is 60.7 Å². The molecule has 0 heterocycles. The Bertz CT molecular complexity index is 861. The highest BCUT2D eigenvalue weighted by molar-refractivity contribution is 5.92. The first-order chi connectivity index (χ1) is 15.4. The van der Waals surface area contributed by atoms with E-state index < -0.39 is 35.9 Å². The molecule has 172 valence electrons. The molecule has 0 bridgehead atoms. The van der Waals surface area contributed by atoms with Crippen molar-refractivity contribution in [3.63, 3.8) is 0 Å². The molecule has 0 spiro atoms. The van der Waals surface area contributed by atoms with E-state index in [2.05, 4.69) is 10.6 Å². The molecule has 0 aliphatic rings. The third kappa shape index (κ3) is 8.49. The monoisotopic (exact) mass is 440 g/mol. The predicted molar refractivity (Wildman–Crippen MR) is 123 cm³/mol. The molecule has 0 saturated heterocycles. The van der Waals surface area contributed by atoms with Crippen molar-refractivity contribution >= 4 is 17.8 Å². The van der Waals surface area contributed by atoms with Gasteiger partial charge in [0.05, 0.1) is 6.04 Å². The fourth-order valence-corrected chi connectivity index (χ4v) is 3.32. The van der Waals surface area contributed by atoms with E-state index in [4.69, 9.17) is 11.5 Å². The normalized spacial score (nSPS) is 13.6. The molecular formula is C24H32N4O4. The number of benzene rings is 2. The summed E-state index contributed by atoms with van der Waals surface area (Å²) in [6, 6.07) is 15.7. The average Bonchev–Trinajstić information content (AvgIpc) is 2.79. The summed E-state index contributed by atoms with van der Waals surface area (Å²) in [6.45, 7) is 0.451. The van der Waals surface area contributed by atoms with Crippen molar-refractivity contribution in [3.05, 3.63) is 71.8 Å². The number of carboxylic acids is 1. The van der Waals surface area contributed by atoms with Crippen LogP contribution in [-0.2, 0) is 27.2 Å². The number of rotatable bonds is 13. The molecule has 2 amide bonds. The van der Waals surface area contributed by atoms with E-state index in [1.54, 1.807) is 0 Å². The molecule has 32 heavy (non-hydrogen) atoms. The summed E-state index contributed by atoms with van der Waals surface area (Å²) in [6.07, 6.45) is 2.04. The maximum Gasteiger partial charge on any atom is 0.326 e. The summed E-state index contributed by atoms with van der Waals surface area (Å²) in [4.78, 5) is 37.3. The van der Waals surface area contributed by atoms with Crippen molar-refractivity contribution in [1.82, 2.24) is 10.6 Å². The SMILES string of the molecule is NCCCC[C@@H](NC(=O)C(Cc1ccccc1)NC(=O)C(N)Cc1ccccc1)C(=O)O. The van der Waals surface area contributed by atoms with Gasteiger partial charge in [0, 0.05) is 6.42 Å². The molecule has 8 heteroatoms. The van der Waals surface area contributed by atoms with Gasteiger partial charge in [-0.15, -0.1) is 0 Å². The second-order valence-corrected chi connectivity index (χ2v) is 7.73. The molecule has 0 saturated carbocycles. The van der Waals surface area contributed by atoms with Crippen LogP contribution in [0.1, 0.15) is 30.4 Å². The van der Waals surface area contributed by atoms with Crippen molar-refractivity contribution in [3.8, 4) is 0 Å². The third-order valence-electron chi connectivity index (χ3n) is 5.11. The highest BCUT2D eigenvalue weighted by Crippen LogP contribution is 2.08. The van der Waals surface area contributed by atoms with E-state index >= 15 is 0 Å². The molecule has 0 fully saturated rings. The van der Waals surface area contributed by atoms with Gasteiger partial charge >= 0.3 is 5.97 Å². The lowest BCUT2D eigenvalue weighted by atomic mass is 10.0. The van der Waals surface area contributed by atoms with Gasteiger partial charge in [0.15, 0.2) is 0 Å². The molecule has 2 aromatic rings. The molecule has 0 radical (unpaired) electrons. The molecule has 0 aliphatic carbocycles. The van der Waals surface area contributed by atoms with Gasteiger partial charge < -0.3 is 27.2 Å². The lowest BCUT2D eigenvalue weighted by Gasteiger charge is -2.23. The van der Waals surface area contributed by atoms with Gasteiger partial charge in [-0.05, 0) is 43.4 Å². The predicted octanol–water partition coefficient (Wildman–Crippen LogP) is 0.982. The fraction of sp³-hybridized carbons (Fsp3) is 0.375. The molecule has 8 nitrogen and oxygen atoms in total. The van der Waals surface area contributed by atoms with Gasteiger partial charge in [-0.2, -0.15) is 0 Å². The molecule has 0 aromatic heterocycles. The van der Waals surface area contributed by atoms with Crippen LogP contribution in [0.15, 0.2) is 60.7 Å². The van der Waals surface area contributed by atoms with Gasteiger partial charge in [0.25, 0.3) is 0 Å². The van der Waals surface area contributed by atoms with Crippen LogP contribution in [0, 0.1) is 0 Å². The Morgan fingerprint density at radius 2 is 1.31 bits per heavy atom. The van der Waals surface area contributed by atoms with Gasteiger partial charge in [-0.3, -0.25) is 9.59 Å². The Labute approximate surface area is 188 Å². The minimum Gasteiger partial charge on any atom is -0.480 e. The van der Waals surface area contributed by atoms with Crippen molar-refractivity contribution in [2.24, 2.45) is 11.5 Å². The number of nitrogens with two attached hydrogens (primary N) is 2. The molecule has 2 unspecified atom stereocenters. The first kappa shape index (κ1) is 25.0. The van der Waals surface area contributed by atoms with Gasteiger partial charge in [0.2, 0.25) is 11.8 Å². The number of carbonyl (C=O) groups excluding carboxylic acids is 2. The molecule has 7 N–H and O–H groups in total. The topological polar surface area (TPSA) is 148 Å². The summed E-state index contributed by atoms with van der Waals surface area (Å²) in [7, 11) is 0. The fourth-order valence-electron chi connectivity index (χ4n) is 3.32. The lowest BCUT2D eigenvalue weighted by molar-refractivity contribution is -0.142. The minimum absolute atomic E-state index is 0.214. The Morgan fingerprint density at radius 1 is 0.781 bits per heavy atom. The largest absolute Gasteiger partial charge is 0.480 e. The summed E-state index contributed by atoms with van der Waals surface area (Å²) < 4.78 is 0. The van der Waals surface area contributed by atoms with Crippen molar-refractivity contribution in [1.29, 1.82) is 0 Å². The maximum absolute atomic E-state index is 13.0. The summed E-state index contributed by atoms with van der Waals surface area (Å²) in [5, 5.41) is 14.7. The van der Waals surface area contributed by atoms with Crippen molar-refractivity contribution in [2.45, 2.75) is 50.2 Å². The summed E-state index contributed by atoms with van der Waals surface area (Å²) >= 11 is 0. The zero-order valence-electron chi connectivity index (χ0n) is 18.1. The molecule has 3 atom stereocenters.